The van der Waals surface area contributed by atoms with Gasteiger partial charge in [0, 0.05) is 22.4 Å². The van der Waals surface area contributed by atoms with Gasteiger partial charge in [-0.05, 0) is 74.8 Å². The third kappa shape index (κ3) is 2.89. The molecule has 0 atom stereocenters. The molecule has 194 valence electrons. The number of nitrogens with zero attached hydrogens (tertiary/aromatic N) is 5. The molecular weight excluding hydrogens is 514 g/mol. The Kier molecular flexibility index (Phi) is 4.12. The zero-order valence-electron chi connectivity index (χ0n) is 22.4. The number of hydrogen-bond acceptors (Lipinski definition) is 3. The van der Waals surface area contributed by atoms with Gasteiger partial charge in [-0.2, -0.15) is 0 Å². The number of benzene rings is 6. The first-order valence-electron chi connectivity index (χ1n) is 14.1. The normalized spacial score (nSPS) is 12.3. The van der Waals surface area contributed by atoms with Gasteiger partial charge in [-0.3, -0.25) is 8.97 Å². The molecule has 0 saturated carbocycles. The SMILES string of the molecule is c1ccc2cc3c(cc2c1)nc1ccc2c4cc5ccccc5cc4n(-c4ncc5c(ccc6ccccc65)n4)c2n13. The van der Waals surface area contributed by atoms with E-state index in [1.54, 1.807) is 0 Å². The van der Waals surface area contributed by atoms with E-state index in [0.717, 1.165) is 54.9 Å². The van der Waals surface area contributed by atoms with E-state index >= 15 is 0 Å². The molecule has 5 heteroatoms. The zero-order chi connectivity index (χ0) is 27.4. The lowest BCUT2D eigenvalue weighted by molar-refractivity contribution is 0.989. The average Bonchev–Trinajstić information content (AvgIpc) is 3.56. The van der Waals surface area contributed by atoms with Crippen LogP contribution < -0.4 is 0 Å². The van der Waals surface area contributed by atoms with Gasteiger partial charge >= 0.3 is 0 Å². The molecule has 0 fully saturated rings. The lowest BCUT2D eigenvalue weighted by Crippen LogP contribution is -2.04. The fourth-order valence-electron chi connectivity index (χ4n) is 6.73. The molecule has 0 N–H and O–H groups in total. The van der Waals surface area contributed by atoms with E-state index in [1.165, 1.54) is 26.9 Å². The van der Waals surface area contributed by atoms with Crippen molar-refractivity contribution in [1.29, 1.82) is 0 Å². The van der Waals surface area contributed by atoms with Crippen molar-refractivity contribution in [3.05, 3.63) is 128 Å². The Morgan fingerprint density at radius 1 is 0.452 bits per heavy atom. The Bertz CT molecular complexity index is 2750. The molecule has 42 heavy (non-hydrogen) atoms. The highest BCUT2D eigenvalue weighted by molar-refractivity contribution is 6.14. The van der Waals surface area contributed by atoms with Crippen LogP contribution in [0.3, 0.4) is 0 Å². The first kappa shape index (κ1) is 21.9. The Labute approximate surface area is 238 Å². The van der Waals surface area contributed by atoms with Crippen LogP contribution >= 0.6 is 0 Å². The molecule has 4 heterocycles. The molecule has 0 aliphatic carbocycles. The Morgan fingerprint density at radius 3 is 1.95 bits per heavy atom. The smallest absolute Gasteiger partial charge is 0.236 e. The summed E-state index contributed by atoms with van der Waals surface area (Å²) in [5.74, 6) is 0.642. The van der Waals surface area contributed by atoms with Gasteiger partial charge in [-0.1, -0.05) is 78.9 Å². The lowest BCUT2D eigenvalue weighted by atomic mass is 10.1. The van der Waals surface area contributed by atoms with Gasteiger partial charge in [-0.15, -0.1) is 0 Å². The van der Waals surface area contributed by atoms with Crippen molar-refractivity contribution >= 4 is 81.8 Å². The average molecular weight is 536 g/mol. The number of hydrogen-bond donors (Lipinski definition) is 0. The van der Waals surface area contributed by atoms with Crippen LogP contribution in [-0.4, -0.2) is 23.9 Å². The Morgan fingerprint density at radius 2 is 1.14 bits per heavy atom. The highest BCUT2D eigenvalue weighted by Crippen LogP contribution is 2.37. The maximum atomic E-state index is 5.19. The largest absolute Gasteiger partial charge is 0.277 e. The fraction of sp³-hybridized carbons (Fsp3) is 0. The van der Waals surface area contributed by atoms with Crippen LogP contribution in [0.4, 0.5) is 0 Å². The van der Waals surface area contributed by atoms with Crippen LogP contribution in [-0.2, 0) is 0 Å². The number of imidazole rings is 1. The molecule has 10 rings (SSSR count). The fourth-order valence-corrected chi connectivity index (χ4v) is 6.73. The maximum Gasteiger partial charge on any atom is 0.236 e. The molecule has 0 spiro atoms. The van der Waals surface area contributed by atoms with Gasteiger partial charge in [0.15, 0.2) is 0 Å². The number of fused-ring (bicyclic) bond motifs is 12. The van der Waals surface area contributed by atoms with Crippen molar-refractivity contribution in [2.24, 2.45) is 0 Å². The second kappa shape index (κ2) is 7.89. The molecule has 6 aromatic carbocycles. The van der Waals surface area contributed by atoms with Crippen molar-refractivity contribution in [2.45, 2.75) is 0 Å². The highest BCUT2D eigenvalue weighted by atomic mass is 15.2. The van der Waals surface area contributed by atoms with Crippen molar-refractivity contribution in [3.63, 3.8) is 0 Å². The summed E-state index contributed by atoms with van der Waals surface area (Å²) < 4.78 is 4.49. The van der Waals surface area contributed by atoms with Gasteiger partial charge in [0.25, 0.3) is 0 Å². The van der Waals surface area contributed by atoms with E-state index in [4.69, 9.17) is 15.0 Å². The topological polar surface area (TPSA) is 48.0 Å². The predicted octanol–water partition coefficient (Wildman–Crippen LogP) is 8.99. The summed E-state index contributed by atoms with van der Waals surface area (Å²) in [6.45, 7) is 0. The monoisotopic (exact) mass is 535 g/mol. The molecule has 4 aromatic heterocycles. The molecule has 0 bridgehead atoms. The Balaban J connectivity index is 1.40. The van der Waals surface area contributed by atoms with Crippen LogP contribution in [0.25, 0.3) is 87.8 Å². The number of aromatic nitrogens is 5. The van der Waals surface area contributed by atoms with Gasteiger partial charge in [0.05, 0.1) is 22.1 Å². The third-order valence-electron chi connectivity index (χ3n) is 8.68. The predicted molar refractivity (Wildman–Crippen MR) is 173 cm³/mol. The minimum Gasteiger partial charge on any atom is -0.277 e. The molecule has 0 amide bonds. The second-order valence-corrected chi connectivity index (χ2v) is 11.0. The minimum absolute atomic E-state index is 0.642. The van der Waals surface area contributed by atoms with Gasteiger partial charge < -0.3 is 0 Å². The minimum atomic E-state index is 0.642. The first-order chi connectivity index (χ1) is 20.8. The zero-order valence-corrected chi connectivity index (χ0v) is 22.4. The summed E-state index contributed by atoms with van der Waals surface area (Å²) >= 11 is 0. The van der Waals surface area contributed by atoms with E-state index in [9.17, 15) is 0 Å². The second-order valence-electron chi connectivity index (χ2n) is 11.0. The van der Waals surface area contributed by atoms with E-state index in [1.807, 2.05) is 6.20 Å². The van der Waals surface area contributed by atoms with Gasteiger partial charge in [0.1, 0.15) is 11.3 Å². The summed E-state index contributed by atoms with van der Waals surface area (Å²) in [6.07, 6.45) is 1.97. The molecule has 0 unspecified atom stereocenters. The summed E-state index contributed by atoms with van der Waals surface area (Å²) in [5, 5.41) is 10.4. The van der Waals surface area contributed by atoms with Crippen molar-refractivity contribution in [3.8, 4) is 5.95 Å². The summed E-state index contributed by atoms with van der Waals surface area (Å²) in [7, 11) is 0. The van der Waals surface area contributed by atoms with E-state index in [2.05, 4.69) is 130 Å². The third-order valence-corrected chi connectivity index (χ3v) is 8.68. The van der Waals surface area contributed by atoms with E-state index in [-0.39, 0.29) is 0 Å². The molecule has 0 radical (unpaired) electrons. The summed E-state index contributed by atoms with van der Waals surface area (Å²) in [5.41, 5.74) is 5.93. The lowest BCUT2D eigenvalue weighted by Gasteiger charge is -2.10. The van der Waals surface area contributed by atoms with Crippen molar-refractivity contribution in [1.82, 2.24) is 23.9 Å². The van der Waals surface area contributed by atoms with Gasteiger partial charge in [0.2, 0.25) is 5.95 Å². The molecule has 5 nitrogen and oxygen atoms in total. The van der Waals surface area contributed by atoms with Crippen LogP contribution in [0.2, 0.25) is 0 Å². The summed E-state index contributed by atoms with van der Waals surface area (Å²) in [6, 6.07) is 42.9. The van der Waals surface area contributed by atoms with Crippen LogP contribution in [0.15, 0.2) is 128 Å². The van der Waals surface area contributed by atoms with Gasteiger partial charge in [-0.25, -0.2) is 15.0 Å². The highest BCUT2D eigenvalue weighted by Gasteiger charge is 2.20. The van der Waals surface area contributed by atoms with Crippen LogP contribution in [0, 0.1) is 0 Å². The number of rotatable bonds is 1. The molecule has 10 aromatic rings. The Hall–Kier alpha value is -5.81. The maximum absolute atomic E-state index is 5.19. The standard InChI is InChI=1S/C37H21N5/c1-3-10-25-19-33-29(17-23(25)8-1)28-14-16-35-39-32-18-24-9-2-4-11-26(24)20-34(32)41(35)36(28)42(33)37-38-21-30-27-12-6-5-7-22(27)13-15-31(30)40-37/h1-21H. The molecular formula is C37H21N5. The summed E-state index contributed by atoms with van der Waals surface area (Å²) in [4.78, 5) is 15.3. The van der Waals surface area contributed by atoms with Crippen molar-refractivity contribution < 1.29 is 0 Å². The van der Waals surface area contributed by atoms with Crippen LogP contribution in [0.5, 0.6) is 0 Å². The molecule has 0 saturated heterocycles. The first-order valence-corrected chi connectivity index (χ1v) is 14.1. The van der Waals surface area contributed by atoms with Crippen molar-refractivity contribution in [2.75, 3.05) is 0 Å². The van der Waals surface area contributed by atoms with E-state index < -0.39 is 0 Å². The quantitative estimate of drug-likeness (QED) is 0.197. The number of pyridine rings is 1. The molecule has 0 aliphatic heterocycles. The molecule has 0 aliphatic rings. The van der Waals surface area contributed by atoms with Crippen LogP contribution in [0.1, 0.15) is 0 Å². The van der Waals surface area contributed by atoms with E-state index in [0.29, 0.717) is 5.95 Å².